The fraction of sp³-hybridized carbons (Fsp3) is 0.538. The number of phenols is 1. The fourth-order valence-electron chi connectivity index (χ4n) is 1.74. The minimum atomic E-state index is 0.345. The topological polar surface area (TPSA) is 32.3 Å². The summed E-state index contributed by atoms with van der Waals surface area (Å²) in [5, 5.41) is 12.6. The Morgan fingerprint density at radius 1 is 1.20 bits per heavy atom. The van der Waals surface area contributed by atoms with E-state index in [9.17, 15) is 0 Å². The van der Waals surface area contributed by atoms with Crippen molar-refractivity contribution in [2.45, 2.75) is 39.2 Å². The number of hydrogen-bond acceptors (Lipinski definition) is 2. The number of aromatic hydroxyl groups is 1. The fourth-order valence-corrected chi connectivity index (χ4v) is 1.74. The van der Waals surface area contributed by atoms with Crippen molar-refractivity contribution >= 4 is 0 Å². The zero-order valence-corrected chi connectivity index (χ0v) is 9.66. The maximum Gasteiger partial charge on any atom is 0.115 e. The monoisotopic (exact) mass is 207 g/mol. The van der Waals surface area contributed by atoms with Gasteiger partial charge in [0.1, 0.15) is 5.75 Å². The highest BCUT2D eigenvalue weighted by molar-refractivity contribution is 5.25. The van der Waals surface area contributed by atoms with Gasteiger partial charge in [-0.1, -0.05) is 26.0 Å². The van der Waals surface area contributed by atoms with Crippen LogP contribution in [0.15, 0.2) is 24.3 Å². The number of nitrogens with one attached hydrogen (secondary N) is 1. The van der Waals surface area contributed by atoms with Gasteiger partial charge in [-0.05, 0) is 43.5 Å². The van der Waals surface area contributed by atoms with Crippen LogP contribution in [-0.2, 0) is 6.42 Å². The summed E-state index contributed by atoms with van der Waals surface area (Å²) in [6.45, 7) is 5.39. The molecule has 1 aromatic rings. The highest BCUT2D eigenvalue weighted by Crippen LogP contribution is 2.12. The Morgan fingerprint density at radius 3 is 2.40 bits per heavy atom. The van der Waals surface area contributed by atoms with Gasteiger partial charge in [0.05, 0.1) is 0 Å². The Morgan fingerprint density at radius 2 is 1.87 bits per heavy atom. The van der Waals surface area contributed by atoms with Gasteiger partial charge >= 0.3 is 0 Å². The molecule has 2 heteroatoms. The summed E-state index contributed by atoms with van der Waals surface area (Å²) in [6.07, 6.45) is 3.41. The van der Waals surface area contributed by atoms with Crippen LogP contribution in [-0.4, -0.2) is 17.7 Å². The molecule has 2 nitrogen and oxygen atoms in total. The third-order valence-electron chi connectivity index (χ3n) is 2.70. The summed E-state index contributed by atoms with van der Waals surface area (Å²) in [7, 11) is 0. The van der Waals surface area contributed by atoms with Crippen molar-refractivity contribution in [3.05, 3.63) is 29.8 Å². The molecule has 0 aliphatic rings. The second kappa shape index (κ2) is 6.46. The van der Waals surface area contributed by atoms with Gasteiger partial charge in [0.25, 0.3) is 0 Å². The van der Waals surface area contributed by atoms with Crippen LogP contribution in [0.25, 0.3) is 0 Å². The molecule has 15 heavy (non-hydrogen) atoms. The van der Waals surface area contributed by atoms with Crippen LogP contribution < -0.4 is 5.32 Å². The quantitative estimate of drug-likeness (QED) is 0.751. The van der Waals surface area contributed by atoms with Crippen molar-refractivity contribution in [2.75, 3.05) is 6.54 Å². The zero-order chi connectivity index (χ0) is 11.1. The number of aryl methyl sites for hydroxylation is 1. The Labute approximate surface area is 92.3 Å². The molecule has 0 radical (unpaired) electrons. The summed E-state index contributed by atoms with van der Waals surface area (Å²) < 4.78 is 0. The summed E-state index contributed by atoms with van der Waals surface area (Å²) in [5.41, 5.74) is 1.30. The first-order valence-corrected chi connectivity index (χ1v) is 5.77. The smallest absolute Gasteiger partial charge is 0.115 e. The van der Waals surface area contributed by atoms with Crippen LogP contribution in [0.2, 0.25) is 0 Å². The van der Waals surface area contributed by atoms with Crippen LogP contribution in [0.3, 0.4) is 0 Å². The first kappa shape index (κ1) is 12.1. The normalized spacial score (nSPS) is 12.7. The summed E-state index contributed by atoms with van der Waals surface area (Å²) in [5.74, 6) is 0.345. The van der Waals surface area contributed by atoms with Gasteiger partial charge in [-0.25, -0.2) is 0 Å². The van der Waals surface area contributed by atoms with Gasteiger partial charge in [0, 0.05) is 6.04 Å². The summed E-state index contributed by atoms with van der Waals surface area (Å²) >= 11 is 0. The largest absolute Gasteiger partial charge is 0.508 e. The van der Waals surface area contributed by atoms with E-state index in [0.717, 1.165) is 19.4 Å². The first-order chi connectivity index (χ1) is 7.26. The number of phenolic OH excluding ortho intramolecular Hbond substituents is 1. The van der Waals surface area contributed by atoms with E-state index in [1.807, 2.05) is 12.1 Å². The van der Waals surface area contributed by atoms with Crippen molar-refractivity contribution in [3.63, 3.8) is 0 Å². The summed E-state index contributed by atoms with van der Waals surface area (Å²) in [4.78, 5) is 0. The lowest BCUT2D eigenvalue weighted by Crippen LogP contribution is -2.28. The van der Waals surface area contributed by atoms with Gasteiger partial charge in [-0.3, -0.25) is 0 Å². The Kier molecular flexibility index (Phi) is 5.19. The molecule has 0 aromatic heterocycles. The summed E-state index contributed by atoms with van der Waals surface area (Å²) in [6, 6.07) is 8.11. The van der Waals surface area contributed by atoms with Crippen molar-refractivity contribution in [1.82, 2.24) is 5.32 Å². The molecule has 0 bridgehead atoms. The van der Waals surface area contributed by atoms with Crippen molar-refractivity contribution in [2.24, 2.45) is 0 Å². The minimum absolute atomic E-state index is 0.345. The molecule has 1 aromatic carbocycles. The SMILES string of the molecule is CCNC(CC)CCc1ccc(O)cc1. The molecule has 0 amide bonds. The van der Waals surface area contributed by atoms with Gasteiger partial charge in [0.15, 0.2) is 0 Å². The standard InChI is InChI=1S/C13H21NO/c1-3-12(14-4-2)8-5-11-6-9-13(15)10-7-11/h6-7,9-10,12,14-15H,3-5,8H2,1-2H3. The van der Waals surface area contributed by atoms with Crippen LogP contribution in [0, 0.1) is 0 Å². The van der Waals surface area contributed by atoms with E-state index in [4.69, 9.17) is 5.11 Å². The average Bonchev–Trinajstić information content (AvgIpc) is 2.26. The van der Waals surface area contributed by atoms with E-state index in [1.54, 1.807) is 12.1 Å². The van der Waals surface area contributed by atoms with E-state index in [1.165, 1.54) is 12.0 Å². The second-order valence-corrected chi connectivity index (χ2v) is 3.87. The third kappa shape index (κ3) is 4.34. The molecule has 0 fully saturated rings. The van der Waals surface area contributed by atoms with E-state index in [-0.39, 0.29) is 0 Å². The Hall–Kier alpha value is -1.02. The molecule has 2 N–H and O–H groups in total. The first-order valence-electron chi connectivity index (χ1n) is 5.77. The van der Waals surface area contributed by atoms with E-state index < -0.39 is 0 Å². The van der Waals surface area contributed by atoms with Gasteiger partial charge in [-0.2, -0.15) is 0 Å². The van der Waals surface area contributed by atoms with Crippen LogP contribution in [0.4, 0.5) is 0 Å². The Bertz CT molecular complexity index is 268. The van der Waals surface area contributed by atoms with Crippen LogP contribution in [0.1, 0.15) is 32.3 Å². The molecule has 1 rings (SSSR count). The van der Waals surface area contributed by atoms with E-state index in [0.29, 0.717) is 11.8 Å². The highest BCUT2D eigenvalue weighted by Gasteiger charge is 2.04. The molecule has 0 aliphatic heterocycles. The van der Waals surface area contributed by atoms with E-state index >= 15 is 0 Å². The van der Waals surface area contributed by atoms with Gasteiger partial charge in [0.2, 0.25) is 0 Å². The van der Waals surface area contributed by atoms with Crippen molar-refractivity contribution in [1.29, 1.82) is 0 Å². The third-order valence-corrected chi connectivity index (χ3v) is 2.70. The molecule has 0 aliphatic carbocycles. The lowest BCUT2D eigenvalue weighted by molar-refractivity contribution is 0.473. The van der Waals surface area contributed by atoms with Crippen LogP contribution in [0.5, 0.6) is 5.75 Å². The predicted octanol–water partition coefficient (Wildman–Crippen LogP) is 2.71. The van der Waals surface area contributed by atoms with Gasteiger partial charge in [-0.15, -0.1) is 0 Å². The van der Waals surface area contributed by atoms with E-state index in [2.05, 4.69) is 19.2 Å². The molecule has 84 valence electrons. The lowest BCUT2D eigenvalue weighted by Gasteiger charge is -2.15. The Balaban J connectivity index is 2.38. The lowest BCUT2D eigenvalue weighted by atomic mass is 10.0. The average molecular weight is 207 g/mol. The zero-order valence-electron chi connectivity index (χ0n) is 9.66. The molecule has 1 unspecified atom stereocenters. The van der Waals surface area contributed by atoms with Crippen molar-refractivity contribution < 1.29 is 5.11 Å². The molecule has 0 heterocycles. The molecule has 0 spiro atoms. The maximum atomic E-state index is 9.15. The molecular weight excluding hydrogens is 186 g/mol. The predicted molar refractivity (Wildman–Crippen MR) is 64.2 cm³/mol. The molecule has 0 saturated carbocycles. The minimum Gasteiger partial charge on any atom is -0.508 e. The number of rotatable bonds is 6. The second-order valence-electron chi connectivity index (χ2n) is 3.87. The maximum absolute atomic E-state index is 9.15. The molecule has 0 saturated heterocycles. The van der Waals surface area contributed by atoms with Gasteiger partial charge < -0.3 is 10.4 Å². The molecular formula is C13H21NO. The number of hydrogen-bond donors (Lipinski definition) is 2. The highest BCUT2D eigenvalue weighted by atomic mass is 16.3. The van der Waals surface area contributed by atoms with Crippen LogP contribution >= 0.6 is 0 Å². The molecule has 1 atom stereocenters. The van der Waals surface area contributed by atoms with Crippen molar-refractivity contribution in [3.8, 4) is 5.75 Å². The number of benzene rings is 1.